The molecule has 0 aromatic rings. The molecule has 7 rings (SSSR count). The molecule has 15 atom stereocenters. The van der Waals surface area contributed by atoms with Crippen molar-refractivity contribution in [3.8, 4) is 0 Å². The van der Waals surface area contributed by atoms with E-state index in [9.17, 15) is 19.8 Å². The van der Waals surface area contributed by atoms with Crippen LogP contribution in [-0.2, 0) is 28.5 Å². The van der Waals surface area contributed by atoms with Crippen LogP contribution in [0.4, 0.5) is 0 Å². The number of rotatable bonds is 3. The van der Waals surface area contributed by atoms with Crippen molar-refractivity contribution in [2.24, 2.45) is 40.4 Å². The Morgan fingerprint density at radius 3 is 2.55 bits per heavy atom. The first-order valence-corrected chi connectivity index (χ1v) is 14.8. The van der Waals surface area contributed by atoms with Crippen molar-refractivity contribution in [2.75, 3.05) is 0 Å². The van der Waals surface area contributed by atoms with Gasteiger partial charge >= 0.3 is 5.97 Å². The second kappa shape index (κ2) is 7.61. The fourth-order valence-corrected chi connectivity index (χ4v) is 11.1. The molecule has 0 amide bonds. The number of aliphatic hydroxyl groups is 2. The zero-order valence-corrected chi connectivity index (χ0v) is 23.6. The summed E-state index contributed by atoms with van der Waals surface area (Å²) in [7, 11) is 0. The van der Waals surface area contributed by atoms with E-state index in [1.807, 2.05) is 6.92 Å². The molecule has 8 heteroatoms. The Bertz CT molecular complexity index is 1080. The van der Waals surface area contributed by atoms with Gasteiger partial charge in [-0.15, -0.1) is 0 Å². The van der Waals surface area contributed by atoms with Gasteiger partial charge in [0, 0.05) is 25.7 Å². The van der Waals surface area contributed by atoms with Crippen molar-refractivity contribution < 1.29 is 38.7 Å². The Balaban J connectivity index is 1.22. The molecule has 3 saturated heterocycles. The first-order chi connectivity index (χ1) is 17.7. The number of carbonyl (C=O) groups is 2. The summed E-state index contributed by atoms with van der Waals surface area (Å²) < 4.78 is 24.6. The Hall–Kier alpha value is -1.06. The summed E-state index contributed by atoms with van der Waals surface area (Å²) in [6, 6.07) is 0. The molecule has 4 aliphatic carbocycles. The van der Waals surface area contributed by atoms with Crippen molar-refractivity contribution in [3.63, 3.8) is 0 Å². The summed E-state index contributed by atoms with van der Waals surface area (Å²) in [6.45, 7) is 12.1. The van der Waals surface area contributed by atoms with E-state index in [-0.39, 0.29) is 70.7 Å². The third kappa shape index (κ3) is 2.89. The quantitative estimate of drug-likeness (QED) is 0.420. The smallest absolute Gasteiger partial charge is 0.302 e. The molecule has 3 aliphatic heterocycles. The van der Waals surface area contributed by atoms with Gasteiger partial charge < -0.3 is 29.2 Å². The molecule has 8 nitrogen and oxygen atoms in total. The average Bonchev–Trinajstić information content (AvgIpc) is 3.68. The lowest BCUT2D eigenvalue weighted by Crippen LogP contribution is -2.65. The first-order valence-electron chi connectivity index (χ1n) is 14.8. The number of Topliss-reactive ketones (excluding diaryl/α,β-unsaturated/α-hetero) is 1. The number of hydrogen-bond acceptors (Lipinski definition) is 8. The summed E-state index contributed by atoms with van der Waals surface area (Å²) in [5, 5.41) is 21.8. The van der Waals surface area contributed by atoms with Gasteiger partial charge in [-0.05, 0) is 82.0 Å². The highest BCUT2D eigenvalue weighted by molar-refractivity contribution is 5.88. The minimum atomic E-state index is -0.958. The van der Waals surface area contributed by atoms with Crippen molar-refractivity contribution >= 4 is 11.8 Å². The molecule has 2 N–H and O–H groups in total. The maximum Gasteiger partial charge on any atom is 0.302 e. The zero-order chi connectivity index (χ0) is 27.2. The van der Waals surface area contributed by atoms with E-state index in [2.05, 4.69) is 27.7 Å². The van der Waals surface area contributed by atoms with Gasteiger partial charge in [0.2, 0.25) is 0 Å². The number of hydrogen-bond donors (Lipinski definition) is 2. The van der Waals surface area contributed by atoms with Crippen LogP contribution in [0, 0.1) is 40.4 Å². The topological polar surface area (TPSA) is 118 Å². The zero-order valence-electron chi connectivity index (χ0n) is 23.6. The van der Waals surface area contributed by atoms with E-state index in [0.717, 1.165) is 32.1 Å². The lowest BCUT2D eigenvalue weighted by molar-refractivity contribution is -0.204. The van der Waals surface area contributed by atoms with Crippen LogP contribution in [0.3, 0.4) is 0 Å². The van der Waals surface area contributed by atoms with Crippen LogP contribution in [0.2, 0.25) is 0 Å². The first kappa shape index (κ1) is 25.9. The normalized spacial score (nSPS) is 60.9. The van der Waals surface area contributed by atoms with Crippen LogP contribution in [-0.4, -0.2) is 69.5 Å². The minimum absolute atomic E-state index is 0.0983. The highest BCUT2D eigenvalue weighted by Gasteiger charge is 2.81. The Morgan fingerprint density at radius 2 is 1.87 bits per heavy atom. The van der Waals surface area contributed by atoms with E-state index in [1.165, 1.54) is 6.92 Å². The number of ether oxygens (including phenoxy) is 4. The van der Waals surface area contributed by atoms with Crippen LogP contribution >= 0.6 is 0 Å². The maximum atomic E-state index is 13.6. The van der Waals surface area contributed by atoms with Crippen molar-refractivity contribution in [1.82, 2.24) is 0 Å². The lowest BCUT2D eigenvalue weighted by Gasteiger charge is -2.59. The SMILES string of the molecule is CC(=O)OC1CC(C(C)C2CC3(C)OC3(C)C(O)O2)C2(C)CCC3C(CC4OC45C(O)CCC(=O)C35C)C12. The van der Waals surface area contributed by atoms with E-state index in [4.69, 9.17) is 18.9 Å². The molecule has 3 heterocycles. The van der Waals surface area contributed by atoms with Gasteiger partial charge in [0.05, 0.1) is 23.7 Å². The third-order valence-electron chi connectivity index (χ3n) is 13.3. The number of epoxide rings is 2. The van der Waals surface area contributed by atoms with E-state index in [1.54, 1.807) is 0 Å². The fourth-order valence-electron chi connectivity index (χ4n) is 11.1. The van der Waals surface area contributed by atoms with Crippen LogP contribution in [0.25, 0.3) is 0 Å². The summed E-state index contributed by atoms with van der Waals surface area (Å²) in [5.41, 5.74) is -2.58. The van der Waals surface area contributed by atoms with Gasteiger partial charge in [0.1, 0.15) is 28.7 Å². The van der Waals surface area contributed by atoms with Crippen molar-refractivity contribution in [1.29, 1.82) is 0 Å². The van der Waals surface area contributed by atoms with Gasteiger partial charge in [-0.3, -0.25) is 9.59 Å². The predicted octanol–water partition coefficient (Wildman–Crippen LogP) is 3.15. The molecule has 0 bridgehead atoms. The number of esters is 1. The van der Waals surface area contributed by atoms with Crippen LogP contribution < -0.4 is 0 Å². The van der Waals surface area contributed by atoms with Gasteiger partial charge in [-0.25, -0.2) is 0 Å². The standard InChI is InChI=1S/C30H44O8/c1-14(20-13-27(4)29(6,38-27)25(34)36-20)18-12-19(35-15(2)31)24-16-11-23-30(37-23)22(33)8-7-21(32)28(30,5)17(16)9-10-26(18,24)3/h14,16-20,22-25,33-34H,7-13H2,1-6H3. The number of carbonyl (C=O) groups excluding carboxylic acids is 2. The largest absolute Gasteiger partial charge is 0.462 e. The molecule has 15 unspecified atom stereocenters. The molecule has 1 spiro atoms. The van der Waals surface area contributed by atoms with Gasteiger partial charge in [0.25, 0.3) is 0 Å². The van der Waals surface area contributed by atoms with E-state index >= 15 is 0 Å². The second-order valence-corrected chi connectivity index (χ2v) is 14.7. The van der Waals surface area contributed by atoms with E-state index in [0.29, 0.717) is 12.8 Å². The molecule has 4 saturated carbocycles. The van der Waals surface area contributed by atoms with Gasteiger partial charge in [-0.1, -0.05) is 13.8 Å². The van der Waals surface area contributed by atoms with Gasteiger partial charge in [-0.2, -0.15) is 0 Å². The maximum absolute atomic E-state index is 13.6. The predicted molar refractivity (Wildman–Crippen MR) is 135 cm³/mol. The Kier molecular flexibility index (Phi) is 5.18. The van der Waals surface area contributed by atoms with Gasteiger partial charge in [0.15, 0.2) is 6.29 Å². The average molecular weight is 533 g/mol. The number of fused-ring (bicyclic) bond motifs is 5. The molecular weight excluding hydrogens is 488 g/mol. The highest BCUT2D eigenvalue weighted by atomic mass is 16.7. The molecule has 212 valence electrons. The minimum Gasteiger partial charge on any atom is -0.462 e. The number of aliphatic hydroxyl groups excluding tert-OH is 2. The molecule has 7 fully saturated rings. The number of ketones is 1. The van der Waals surface area contributed by atoms with Crippen LogP contribution in [0.15, 0.2) is 0 Å². The summed E-state index contributed by atoms with van der Waals surface area (Å²) in [5.74, 6) is 0.704. The monoisotopic (exact) mass is 532 g/mol. The Labute approximate surface area is 225 Å². The van der Waals surface area contributed by atoms with Crippen molar-refractivity contribution in [2.45, 2.75) is 134 Å². The van der Waals surface area contributed by atoms with Crippen LogP contribution in [0.5, 0.6) is 0 Å². The highest BCUT2D eigenvalue weighted by Crippen LogP contribution is 2.74. The summed E-state index contributed by atoms with van der Waals surface area (Å²) in [4.78, 5) is 25.9. The molecule has 0 radical (unpaired) electrons. The molecule has 38 heavy (non-hydrogen) atoms. The Morgan fingerprint density at radius 1 is 1.13 bits per heavy atom. The molecular formula is C30H44O8. The molecule has 0 aromatic heterocycles. The molecule has 0 aromatic carbocycles. The summed E-state index contributed by atoms with van der Waals surface area (Å²) >= 11 is 0. The second-order valence-electron chi connectivity index (χ2n) is 14.7. The van der Waals surface area contributed by atoms with E-state index < -0.39 is 29.0 Å². The van der Waals surface area contributed by atoms with Crippen LogP contribution in [0.1, 0.15) is 86.5 Å². The lowest BCUT2D eigenvalue weighted by atomic mass is 9.43. The van der Waals surface area contributed by atoms with Crippen molar-refractivity contribution in [3.05, 3.63) is 0 Å². The fraction of sp³-hybridized carbons (Fsp3) is 0.933. The molecule has 7 aliphatic rings. The summed E-state index contributed by atoms with van der Waals surface area (Å²) in [6.07, 6.45) is 2.91. The third-order valence-corrected chi connectivity index (χ3v) is 13.3.